The highest BCUT2D eigenvalue weighted by molar-refractivity contribution is 7.88. The van der Waals surface area contributed by atoms with E-state index in [1.807, 2.05) is 32.0 Å². The highest BCUT2D eigenvalue weighted by Crippen LogP contribution is 2.24. The largest absolute Gasteiger partial charge is 0.326 e. The van der Waals surface area contributed by atoms with Crippen LogP contribution in [0.4, 0.5) is 5.69 Å². The molecule has 0 aromatic heterocycles. The molecule has 0 aliphatic heterocycles. The minimum absolute atomic E-state index is 0.0329. The van der Waals surface area contributed by atoms with Crippen LogP contribution in [0.25, 0.3) is 0 Å². The van der Waals surface area contributed by atoms with Gasteiger partial charge in [0.15, 0.2) is 0 Å². The molecule has 1 aliphatic carbocycles. The molecular weight excluding hydrogens is 336 g/mol. The van der Waals surface area contributed by atoms with Gasteiger partial charge in [0, 0.05) is 24.7 Å². The van der Waals surface area contributed by atoms with Crippen molar-refractivity contribution in [2.24, 2.45) is 0 Å². The quantitative estimate of drug-likeness (QED) is 0.782. The van der Waals surface area contributed by atoms with Crippen molar-refractivity contribution in [3.63, 3.8) is 0 Å². The predicted molar refractivity (Wildman–Crippen MR) is 102 cm³/mol. The number of hydrogen-bond acceptors (Lipinski definition) is 3. The third kappa shape index (κ3) is 5.82. The number of carbonyl (C=O) groups is 1. The van der Waals surface area contributed by atoms with E-state index in [4.69, 9.17) is 0 Å². The van der Waals surface area contributed by atoms with Crippen LogP contribution < -0.4 is 5.32 Å². The van der Waals surface area contributed by atoms with E-state index < -0.39 is 10.0 Å². The normalized spacial score (nSPS) is 16.6. The zero-order valence-corrected chi connectivity index (χ0v) is 16.4. The molecule has 1 N–H and O–H groups in total. The van der Waals surface area contributed by atoms with Crippen LogP contribution in [0.3, 0.4) is 0 Å². The number of amides is 1. The Kier molecular flexibility index (Phi) is 7.02. The number of carbonyl (C=O) groups excluding carboxylic acids is 1. The maximum atomic E-state index is 12.4. The van der Waals surface area contributed by atoms with Crippen LogP contribution in [-0.2, 0) is 14.8 Å². The number of hydrogen-bond donors (Lipinski definition) is 1. The lowest BCUT2D eigenvalue weighted by Crippen LogP contribution is -2.41. The molecule has 0 unspecified atom stereocenters. The number of sulfonamides is 1. The van der Waals surface area contributed by atoms with Crippen molar-refractivity contribution >= 4 is 21.6 Å². The molecule has 0 saturated heterocycles. The number of aryl methyl sites for hydroxylation is 2. The fraction of sp³-hybridized carbons (Fsp3) is 0.632. The highest BCUT2D eigenvalue weighted by atomic mass is 32.2. The molecule has 0 spiro atoms. The summed E-state index contributed by atoms with van der Waals surface area (Å²) in [6, 6.07) is 5.90. The van der Waals surface area contributed by atoms with Crippen molar-refractivity contribution < 1.29 is 13.2 Å². The van der Waals surface area contributed by atoms with Gasteiger partial charge in [-0.2, -0.15) is 4.31 Å². The molecule has 25 heavy (non-hydrogen) atoms. The molecule has 1 aromatic rings. The highest BCUT2D eigenvalue weighted by Gasteiger charge is 2.27. The average molecular weight is 367 g/mol. The first kappa shape index (κ1) is 19.9. The van der Waals surface area contributed by atoms with E-state index in [0.29, 0.717) is 0 Å². The second kappa shape index (κ2) is 8.81. The first-order valence-electron chi connectivity index (χ1n) is 9.12. The summed E-state index contributed by atoms with van der Waals surface area (Å²) in [6.07, 6.45) is 7.68. The summed E-state index contributed by atoms with van der Waals surface area (Å²) in [5.74, 6) is -0.139. The molecule has 1 aliphatic rings. The van der Waals surface area contributed by atoms with Crippen LogP contribution in [-0.4, -0.2) is 37.5 Å². The Labute approximate surface area is 151 Å². The van der Waals surface area contributed by atoms with Crippen LogP contribution in [0.2, 0.25) is 0 Å². The van der Waals surface area contributed by atoms with Crippen molar-refractivity contribution in [3.8, 4) is 0 Å². The van der Waals surface area contributed by atoms with E-state index >= 15 is 0 Å². The number of rotatable bonds is 6. The molecule has 6 heteroatoms. The molecule has 5 nitrogen and oxygen atoms in total. The van der Waals surface area contributed by atoms with E-state index in [1.165, 1.54) is 19.1 Å². The van der Waals surface area contributed by atoms with E-state index in [0.717, 1.165) is 42.5 Å². The third-order valence-corrected chi connectivity index (χ3v) is 6.30. The fourth-order valence-electron chi connectivity index (χ4n) is 3.59. The fourth-order valence-corrected chi connectivity index (χ4v) is 4.77. The summed E-state index contributed by atoms with van der Waals surface area (Å²) in [4.78, 5) is 12.4. The molecule has 2 rings (SSSR count). The molecule has 0 bridgehead atoms. The zero-order chi connectivity index (χ0) is 18.4. The van der Waals surface area contributed by atoms with Gasteiger partial charge in [0.2, 0.25) is 15.9 Å². The molecule has 140 valence electrons. The van der Waals surface area contributed by atoms with Gasteiger partial charge < -0.3 is 5.32 Å². The standard InChI is InChI=1S/C19H30N2O3S/c1-15-9-8-10-16(2)19(15)20-18(22)13-14-21(25(3,23)24)17-11-6-4-5-7-12-17/h8-10,17H,4-7,11-14H2,1-3H3,(H,20,22). The van der Waals surface area contributed by atoms with Gasteiger partial charge in [0.05, 0.1) is 6.26 Å². The van der Waals surface area contributed by atoms with Crippen molar-refractivity contribution in [1.82, 2.24) is 4.31 Å². The number of benzene rings is 1. The van der Waals surface area contributed by atoms with Crippen LogP contribution in [0.1, 0.15) is 56.1 Å². The van der Waals surface area contributed by atoms with Crippen LogP contribution >= 0.6 is 0 Å². The van der Waals surface area contributed by atoms with Crippen molar-refractivity contribution in [1.29, 1.82) is 0 Å². The topological polar surface area (TPSA) is 66.5 Å². The Morgan fingerprint density at radius 1 is 1.12 bits per heavy atom. The minimum Gasteiger partial charge on any atom is -0.326 e. The van der Waals surface area contributed by atoms with E-state index in [1.54, 1.807) is 4.31 Å². The van der Waals surface area contributed by atoms with Gasteiger partial charge in [0.25, 0.3) is 0 Å². The molecule has 1 saturated carbocycles. The Morgan fingerprint density at radius 3 is 2.20 bits per heavy atom. The Balaban J connectivity index is 2.01. The molecular formula is C19H30N2O3S. The van der Waals surface area contributed by atoms with Crippen LogP contribution in [0.15, 0.2) is 18.2 Å². The van der Waals surface area contributed by atoms with E-state index in [9.17, 15) is 13.2 Å². The zero-order valence-electron chi connectivity index (χ0n) is 15.5. The van der Waals surface area contributed by atoms with E-state index in [-0.39, 0.29) is 24.9 Å². The first-order chi connectivity index (χ1) is 11.8. The molecule has 1 fully saturated rings. The molecule has 0 heterocycles. The first-order valence-corrected chi connectivity index (χ1v) is 11.0. The van der Waals surface area contributed by atoms with Gasteiger partial charge in [0.1, 0.15) is 0 Å². The Morgan fingerprint density at radius 2 is 1.68 bits per heavy atom. The molecule has 0 atom stereocenters. The van der Waals surface area contributed by atoms with Gasteiger partial charge in [-0.25, -0.2) is 8.42 Å². The Hall–Kier alpha value is -1.40. The van der Waals surface area contributed by atoms with Gasteiger partial charge in [-0.05, 0) is 37.8 Å². The summed E-state index contributed by atoms with van der Waals surface area (Å²) in [6.45, 7) is 4.16. The monoisotopic (exact) mass is 366 g/mol. The maximum absolute atomic E-state index is 12.4. The summed E-state index contributed by atoms with van der Waals surface area (Å²) in [7, 11) is -3.31. The minimum atomic E-state index is -3.31. The smallest absolute Gasteiger partial charge is 0.225 e. The predicted octanol–water partition coefficient (Wildman–Crippen LogP) is 3.62. The maximum Gasteiger partial charge on any atom is 0.225 e. The van der Waals surface area contributed by atoms with Gasteiger partial charge >= 0.3 is 0 Å². The van der Waals surface area contributed by atoms with Gasteiger partial charge in [-0.15, -0.1) is 0 Å². The summed E-state index contributed by atoms with van der Waals surface area (Å²) in [5.41, 5.74) is 2.85. The summed E-state index contributed by atoms with van der Waals surface area (Å²) >= 11 is 0. The Bertz CT molecular complexity index is 672. The van der Waals surface area contributed by atoms with Crippen molar-refractivity contribution in [3.05, 3.63) is 29.3 Å². The molecule has 1 amide bonds. The molecule has 1 aromatic carbocycles. The average Bonchev–Trinajstić information content (AvgIpc) is 2.79. The summed E-state index contributed by atoms with van der Waals surface area (Å²) in [5, 5.41) is 2.94. The summed E-state index contributed by atoms with van der Waals surface area (Å²) < 4.78 is 26.0. The second-order valence-corrected chi connectivity index (χ2v) is 9.02. The number of anilines is 1. The second-order valence-electron chi connectivity index (χ2n) is 7.08. The van der Waals surface area contributed by atoms with Crippen LogP contribution in [0, 0.1) is 13.8 Å². The lowest BCUT2D eigenvalue weighted by Gasteiger charge is -2.28. The lowest BCUT2D eigenvalue weighted by atomic mass is 10.1. The number of para-hydroxylation sites is 1. The van der Waals surface area contributed by atoms with Crippen LogP contribution in [0.5, 0.6) is 0 Å². The SMILES string of the molecule is Cc1cccc(C)c1NC(=O)CCN(C1CCCCCC1)S(C)(=O)=O. The van der Waals surface area contributed by atoms with Crippen molar-refractivity contribution in [2.75, 3.05) is 18.1 Å². The van der Waals surface area contributed by atoms with E-state index in [2.05, 4.69) is 5.32 Å². The number of nitrogens with zero attached hydrogens (tertiary/aromatic N) is 1. The number of nitrogens with one attached hydrogen (secondary N) is 1. The lowest BCUT2D eigenvalue weighted by molar-refractivity contribution is -0.116. The van der Waals surface area contributed by atoms with Gasteiger partial charge in [-0.3, -0.25) is 4.79 Å². The molecule has 0 radical (unpaired) electrons. The third-order valence-electron chi connectivity index (χ3n) is 4.96. The van der Waals surface area contributed by atoms with Gasteiger partial charge in [-0.1, -0.05) is 43.9 Å². The van der Waals surface area contributed by atoms with Crippen molar-refractivity contribution in [2.45, 2.75) is 64.8 Å².